The highest BCUT2D eigenvalue weighted by Crippen LogP contribution is 2.03. The summed E-state index contributed by atoms with van der Waals surface area (Å²) in [5, 5.41) is 0. The third-order valence-corrected chi connectivity index (χ3v) is 2.40. The normalized spacial score (nSPS) is 10.7. The molecule has 0 radical (unpaired) electrons. The maximum Gasteiger partial charge on any atom is 0.261 e. The van der Waals surface area contributed by atoms with E-state index < -0.39 is 0 Å². The third-order valence-electron chi connectivity index (χ3n) is 2.40. The Hall–Kier alpha value is -1.64. The Balaban J connectivity index is 2.92. The van der Waals surface area contributed by atoms with Crippen LogP contribution in [0.15, 0.2) is 29.2 Å². The average Bonchev–Trinajstić information content (AvgIpc) is 2.23. The molecule has 14 heavy (non-hydrogen) atoms. The second-order valence-electron chi connectivity index (χ2n) is 3.27. The summed E-state index contributed by atoms with van der Waals surface area (Å²) in [6, 6.07) is 5.57. The molecule has 0 N–H and O–H groups in total. The zero-order valence-corrected chi connectivity index (χ0v) is 8.32. The van der Waals surface area contributed by atoms with Crippen LogP contribution in [0.2, 0.25) is 0 Å². The predicted octanol–water partition coefficient (Wildman–Crippen LogP) is 1.57. The predicted molar refractivity (Wildman–Crippen MR) is 55.6 cm³/mol. The van der Waals surface area contributed by atoms with Crippen molar-refractivity contribution in [2.45, 2.75) is 20.3 Å². The zero-order valence-electron chi connectivity index (χ0n) is 8.32. The van der Waals surface area contributed by atoms with Gasteiger partial charge in [-0.1, -0.05) is 13.0 Å². The lowest BCUT2D eigenvalue weighted by molar-refractivity contribution is 0.934. The number of aryl methyl sites for hydroxylation is 1. The Kier molecular flexibility index (Phi) is 2.08. The van der Waals surface area contributed by atoms with Crippen LogP contribution in [0.25, 0.3) is 5.65 Å². The van der Waals surface area contributed by atoms with E-state index in [9.17, 15) is 4.79 Å². The second kappa shape index (κ2) is 3.25. The van der Waals surface area contributed by atoms with Crippen LogP contribution in [0.1, 0.15) is 18.2 Å². The van der Waals surface area contributed by atoms with E-state index in [1.54, 1.807) is 10.6 Å². The zero-order chi connectivity index (χ0) is 10.1. The minimum absolute atomic E-state index is 0.0347. The molecule has 0 aliphatic heterocycles. The van der Waals surface area contributed by atoms with Crippen molar-refractivity contribution in [3.63, 3.8) is 0 Å². The molecule has 2 aromatic heterocycles. The molecule has 3 heteroatoms. The van der Waals surface area contributed by atoms with Gasteiger partial charge in [0.05, 0.1) is 5.69 Å². The summed E-state index contributed by atoms with van der Waals surface area (Å²) >= 11 is 0. The molecular formula is C11H12N2O. The molecule has 0 fully saturated rings. The van der Waals surface area contributed by atoms with E-state index in [4.69, 9.17) is 0 Å². The fraction of sp³-hybridized carbons (Fsp3) is 0.273. The number of rotatable bonds is 1. The molecule has 0 aliphatic rings. The number of nitrogens with zero attached hydrogens (tertiary/aromatic N) is 2. The van der Waals surface area contributed by atoms with E-state index >= 15 is 0 Å². The summed E-state index contributed by atoms with van der Waals surface area (Å²) in [4.78, 5) is 16.2. The average molecular weight is 188 g/mol. The van der Waals surface area contributed by atoms with Crippen molar-refractivity contribution < 1.29 is 0 Å². The number of pyridine rings is 1. The van der Waals surface area contributed by atoms with Crippen molar-refractivity contribution >= 4 is 5.65 Å². The van der Waals surface area contributed by atoms with Crippen LogP contribution in [0, 0.1) is 6.92 Å². The van der Waals surface area contributed by atoms with E-state index in [1.807, 2.05) is 32.0 Å². The Morgan fingerprint density at radius 2 is 2.21 bits per heavy atom. The van der Waals surface area contributed by atoms with Crippen molar-refractivity contribution in [1.29, 1.82) is 0 Å². The molecule has 0 atom stereocenters. The van der Waals surface area contributed by atoms with Crippen molar-refractivity contribution in [1.82, 2.24) is 9.38 Å². The van der Waals surface area contributed by atoms with Gasteiger partial charge in [0, 0.05) is 11.8 Å². The summed E-state index contributed by atoms with van der Waals surface area (Å²) < 4.78 is 1.58. The van der Waals surface area contributed by atoms with Gasteiger partial charge in [0.15, 0.2) is 0 Å². The van der Waals surface area contributed by atoms with Crippen LogP contribution in [0.5, 0.6) is 0 Å². The van der Waals surface area contributed by atoms with Gasteiger partial charge in [0.1, 0.15) is 5.65 Å². The van der Waals surface area contributed by atoms with E-state index in [0.29, 0.717) is 0 Å². The molecule has 2 rings (SSSR count). The third kappa shape index (κ3) is 1.21. The topological polar surface area (TPSA) is 34.4 Å². The summed E-state index contributed by atoms with van der Waals surface area (Å²) in [5.74, 6) is 0. The van der Waals surface area contributed by atoms with Gasteiger partial charge in [-0.15, -0.1) is 0 Å². The Morgan fingerprint density at radius 3 is 2.93 bits per heavy atom. The molecule has 0 spiro atoms. The molecule has 0 aliphatic carbocycles. The van der Waals surface area contributed by atoms with Crippen molar-refractivity contribution in [3.05, 3.63) is 46.0 Å². The largest absolute Gasteiger partial charge is 0.269 e. The first-order valence-electron chi connectivity index (χ1n) is 4.71. The molecular weight excluding hydrogens is 176 g/mol. The second-order valence-corrected chi connectivity index (χ2v) is 3.27. The van der Waals surface area contributed by atoms with Gasteiger partial charge < -0.3 is 0 Å². The SMILES string of the molecule is CCc1nc2ccccn2c(=O)c1C. The molecule has 0 bridgehead atoms. The van der Waals surface area contributed by atoms with Crippen LogP contribution < -0.4 is 5.56 Å². The molecule has 72 valence electrons. The Morgan fingerprint density at radius 1 is 1.43 bits per heavy atom. The summed E-state index contributed by atoms with van der Waals surface area (Å²) in [6.45, 7) is 3.84. The highest BCUT2D eigenvalue weighted by atomic mass is 16.1. The highest BCUT2D eigenvalue weighted by Gasteiger charge is 2.05. The van der Waals surface area contributed by atoms with E-state index in [0.717, 1.165) is 23.3 Å². The van der Waals surface area contributed by atoms with Gasteiger partial charge in [-0.05, 0) is 25.5 Å². The van der Waals surface area contributed by atoms with E-state index in [-0.39, 0.29) is 5.56 Å². The van der Waals surface area contributed by atoms with Gasteiger partial charge in [0.2, 0.25) is 0 Å². The number of fused-ring (bicyclic) bond motifs is 1. The van der Waals surface area contributed by atoms with Crippen molar-refractivity contribution in [3.8, 4) is 0 Å². The molecule has 0 unspecified atom stereocenters. The van der Waals surface area contributed by atoms with Crippen LogP contribution in [0.4, 0.5) is 0 Å². The van der Waals surface area contributed by atoms with Crippen LogP contribution in [-0.4, -0.2) is 9.38 Å². The molecule has 2 aromatic rings. The first kappa shape index (κ1) is 8.94. The van der Waals surface area contributed by atoms with E-state index in [1.165, 1.54) is 0 Å². The summed E-state index contributed by atoms with van der Waals surface area (Å²) in [6.07, 6.45) is 2.55. The maximum atomic E-state index is 11.8. The minimum atomic E-state index is 0.0347. The Labute approximate surface area is 82.0 Å². The fourth-order valence-corrected chi connectivity index (χ4v) is 1.57. The summed E-state index contributed by atoms with van der Waals surface area (Å²) in [5.41, 5.74) is 2.39. The van der Waals surface area contributed by atoms with Gasteiger partial charge in [-0.2, -0.15) is 0 Å². The molecule has 2 heterocycles. The molecule has 0 amide bonds. The lowest BCUT2D eigenvalue weighted by atomic mass is 10.2. The quantitative estimate of drug-likeness (QED) is 0.680. The number of hydrogen-bond donors (Lipinski definition) is 0. The smallest absolute Gasteiger partial charge is 0.261 e. The first-order chi connectivity index (χ1) is 6.74. The molecule has 3 nitrogen and oxygen atoms in total. The molecule has 0 aromatic carbocycles. The van der Waals surface area contributed by atoms with E-state index in [2.05, 4.69) is 4.98 Å². The van der Waals surface area contributed by atoms with Gasteiger partial charge in [-0.25, -0.2) is 4.98 Å². The highest BCUT2D eigenvalue weighted by molar-refractivity contribution is 5.40. The van der Waals surface area contributed by atoms with Gasteiger partial charge >= 0.3 is 0 Å². The number of aromatic nitrogens is 2. The lowest BCUT2D eigenvalue weighted by Gasteiger charge is -2.04. The summed E-state index contributed by atoms with van der Waals surface area (Å²) in [7, 11) is 0. The van der Waals surface area contributed by atoms with Gasteiger partial charge in [-0.3, -0.25) is 9.20 Å². The maximum absolute atomic E-state index is 11.8. The van der Waals surface area contributed by atoms with Crippen molar-refractivity contribution in [2.24, 2.45) is 0 Å². The lowest BCUT2D eigenvalue weighted by Crippen LogP contribution is -2.19. The monoisotopic (exact) mass is 188 g/mol. The molecule has 0 saturated carbocycles. The van der Waals surface area contributed by atoms with Crippen LogP contribution in [-0.2, 0) is 6.42 Å². The van der Waals surface area contributed by atoms with Gasteiger partial charge in [0.25, 0.3) is 5.56 Å². The minimum Gasteiger partial charge on any atom is -0.269 e. The standard InChI is InChI=1S/C11H12N2O/c1-3-9-8(2)11(14)13-7-5-4-6-10(13)12-9/h4-7H,3H2,1-2H3. The first-order valence-corrected chi connectivity index (χ1v) is 4.71. The number of hydrogen-bond acceptors (Lipinski definition) is 2. The fourth-order valence-electron chi connectivity index (χ4n) is 1.57. The molecule has 0 saturated heterocycles. The van der Waals surface area contributed by atoms with Crippen LogP contribution >= 0.6 is 0 Å². The Bertz CT molecular complexity index is 528. The van der Waals surface area contributed by atoms with Crippen molar-refractivity contribution in [2.75, 3.05) is 0 Å². The van der Waals surface area contributed by atoms with Crippen LogP contribution in [0.3, 0.4) is 0 Å².